The van der Waals surface area contributed by atoms with Crippen molar-refractivity contribution in [1.29, 1.82) is 0 Å². The van der Waals surface area contributed by atoms with Crippen LogP contribution < -0.4 is 10.0 Å². The van der Waals surface area contributed by atoms with Gasteiger partial charge in [0, 0.05) is 36.5 Å². The molecule has 3 aromatic rings. The first kappa shape index (κ1) is 20.0. The number of likely N-dealkylation sites (tertiary alicyclic amines) is 1. The molecule has 0 unspecified atom stereocenters. The molecule has 2 N–H and O–H groups in total. The van der Waals surface area contributed by atoms with E-state index in [1.807, 2.05) is 26.0 Å². The second kappa shape index (κ2) is 7.31. The molecular weight excluding hydrogens is 416 g/mol. The molecule has 0 radical (unpaired) electrons. The van der Waals surface area contributed by atoms with Crippen LogP contribution in [0, 0.1) is 19.8 Å². The number of anilines is 1. The first-order chi connectivity index (χ1) is 14.8. The zero-order valence-electron chi connectivity index (χ0n) is 17.4. The van der Waals surface area contributed by atoms with Gasteiger partial charge in [0.2, 0.25) is 10.0 Å². The van der Waals surface area contributed by atoms with Crippen molar-refractivity contribution in [2.24, 2.45) is 5.92 Å². The molecule has 1 aromatic carbocycles. The number of fused-ring (bicyclic) bond motifs is 2. The number of para-hydroxylation sites is 1. The molecule has 1 amide bonds. The predicted octanol–water partition coefficient (Wildman–Crippen LogP) is 1.93. The zero-order chi connectivity index (χ0) is 21.8. The summed E-state index contributed by atoms with van der Waals surface area (Å²) in [4.78, 5) is 19.6. The zero-order valence-corrected chi connectivity index (χ0v) is 18.2. The summed E-state index contributed by atoms with van der Waals surface area (Å²) >= 11 is 0. The number of carbonyl (C=O) groups is 1. The third kappa shape index (κ3) is 3.55. The number of piperidine rings is 1. The van der Waals surface area contributed by atoms with Gasteiger partial charge in [0.05, 0.1) is 11.9 Å². The summed E-state index contributed by atoms with van der Waals surface area (Å²) in [7, 11) is -3.60. The highest BCUT2D eigenvalue weighted by Gasteiger charge is 2.37. The van der Waals surface area contributed by atoms with Crippen molar-refractivity contribution < 1.29 is 13.2 Å². The van der Waals surface area contributed by atoms with Crippen molar-refractivity contribution in [2.45, 2.75) is 37.8 Å². The maximum atomic E-state index is 13.2. The van der Waals surface area contributed by atoms with E-state index in [9.17, 15) is 13.2 Å². The third-order valence-electron chi connectivity index (χ3n) is 5.94. The fraction of sp³-hybridized carbons (Fsp3) is 0.381. The highest BCUT2D eigenvalue weighted by Crippen LogP contribution is 2.30. The van der Waals surface area contributed by atoms with Crippen molar-refractivity contribution in [3.8, 4) is 0 Å². The molecule has 0 aliphatic carbocycles. The monoisotopic (exact) mass is 440 g/mol. The summed E-state index contributed by atoms with van der Waals surface area (Å²) in [5.74, 6) is -0.216. The summed E-state index contributed by atoms with van der Waals surface area (Å²) in [5, 5.41) is 7.75. The van der Waals surface area contributed by atoms with Crippen molar-refractivity contribution in [3.63, 3.8) is 0 Å². The number of nitrogens with one attached hydrogen (secondary N) is 2. The minimum absolute atomic E-state index is 0.0556. The maximum absolute atomic E-state index is 13.2. The molecule has 2 aliphatic rings. The Morgan fingerprint density at radius 3 is 2.84 bits per heavy atom. The molecule has 2 atom stereocenters. The van der Waals surface area contributed by atoms with Crippen LogP contribution >= 0.6 is 0 Å². The number of aryl methyl sites for hydroxylation is 2. The van der Waals surface area contributed by atoms with Gasteiger partial charge in [-0.3, -0.25) is 4.79 Å². The Bertz CT molecular complexity index is 1290. The van der Waals surface area contributed by atoms with E-state index in [-0.39, 0.29) is 16.7 Å². The third-order valence-corrected chi connectivity index (χ3v) is 7.44. The average Bonchev–Trinajstić information content (AvgIpc) is 3.17. The molecule has 0 spiro atoms. The predicted molar refractivity (Wildman–Crippen MR) is 115 cm³/mol. The van der Waals surface area contributed by atoms with E-state index >= 15 is 0 Å². The van der Waals surface area contributed by atoms with Gasteiger partial charge in [-0.2, -0.15) is 9.82 Å². The molecule has 1 saturated heterocycles. The Morgan fingerprint density at radius 1 is 1.19 bits per heavy atom. The molecule has 4 heterocycles. The molecule has 0 saturated carbocycles. The van der Waals surface area contributed by atoms with Gasteiger partial charge in [0.25, 0.3) is 5.91 Å². The van der Waals surface area contributed by atoms with E-state index in [4.69, 9.17) is 0 Å². The first-order valence-corrected chi connectivity index (χ1v) is 11.8. The molecule has 31 heavy (non-hydrogen) atoms. The van der Waals surface area contributed by atoms with Gasteiger partial charge in [-0.1, -0.05) is 12.1 Å². The highest BCUT2D eigenvalue weighted by atomic mass is 32.2. The van der Waals surface area contributed by atoms with Crippen molar-refractivity contribution >= 4 is 27.3 Å². The molecule has 0 bridgehead atoms. The molecular formula is C21H24N6O3S. The van der Waals surface area contributed by atoms with Gasteiger partial charge in [-0.25, -0.2) is 17.9 Å². The summed E-state index contributed by atoms with van der Waals surface area (Å²) < 4.78 is 29.8. The fourth-order valence-electron chi connectivity index (χ4n) is 4.48. The lowest BCUT2D eigenvalue weighted by Gasteiger charge is -2.39. The number of carbonyl (C=O) groups excluding carboxylic acids is 1. The minimum atomic E-state index is -3.60. The summed E-state index contributed by atoms with van der Waals surface area (Å²) in [6.07, 6.45) is 1.14. The second-order valence-electron chi connectivity index (χ2n) is 8.23. The van der Waals surface area contributed by atoms with Crippen LogP contribution in [0.2, 0.25) is 0 Å². The number of hydrogen-bond acceptors (Lipinski definition) is 6. The Morgan fingerprint density at radius 2 is 2.00 bits per heavy atom. The van der Waals surface area contributed by atoms with E-state index in [1.165, 1.54) is 0 Å². The second-order valence-corrected chi connectivity index (χ2v) is 9.91. The molecule has 1 fully saturated rings. The topological polar surface area (TPSA) is 109 Å². The van der Waals surface area contributed by atoms with Crippen LogP contribution in [0.1, 0.15) is 34.7 Å². The smallest absolute Gasteiger partial charge is 0.274 e. The van der Waals surface area contributed by atoms with Crippen molar-refractivity contribution in [2.75, 3.05) is 18.4 Å². The molecule has 5 rings (SSSR count). The van der Waals surface area contributed by atoms with Crippen LogP contribution in [0.4, 0.5) is 5.69 Å². The van der Waals surface area contributed by atoms with Gasteiger partial charge < -0.3 is 10.2 Å². The normalized spacial score (nSPS) is 22.7. The highest BCUT2D eigenvalue weighted by molar-refractivity contribution is 7.89. The lowest BCUT2D eigenvalue weighted by Crippen LogP contribution is -2.54. The fourth-order valence-corrected chi connectivity index (χ4v) is 5.87. The average molecular weight is 441 g/mol. The van der Waals surface area contributed by atoms with Crippen LogP contribution in [-0.2, 0) is 10.0 Å². The van der Waals surface area contributed by atoms with Gasteiger partial charge in [0.1, 0.15) is 4.90 Å². The standard InChI is InChI=1S/C21H24N6O3S/c1-13-10-14(2)27-19(22-13)11-17(24-27)21(28)26-9-5-6-15(12-26)20-23-16-7-3-4-8-18(16)31(29,30)25-20/h3-4,7-8,10-11,15,20,23,25H,5-6,9,12H2,1-2H3/t15-,20+/m1/s1. The Kier molecular flexibility index (Phi) is 4.71. The van der Waals surface area contributed by atoms with E-state index in [0.29, 0.717) is 30.1 Å². The van der Waals surface area contributed by atoms with Crippen LogP contribution in [-0.4, -0.2) is 53.1 Å². The molecule has 2 aromatic heterocycles. The van der Waals surface area contributed by atoms with Crippen molar-refractivity contribution in [1.82, 2.24) is 24.2 Å². The first-order valence-electron chi connectivity index (χ1n) is 10.3. The number of benzene rings is 1. The number of nitrogens with zero attached hydrogens (tertiary/aromatic N) is 4. The number of rotatable bonds is 2. The quantitative estimate of drug-likeness (QED) is 0.630. The molecule has 162 valence electrons. The lowest BCUT2D eigenvalue weighted by molar-refractivity contribution is 0.0652. The SMILES string of the molecule is Cc1cc(C)n2nc(C(=O)N3CCC[C@@H]([C@H]4Nc5ccccc5S(=O)(=O)N4)C3)cc2n1. The van der Waals surface area contributed by atoms with Gasteiger partial charge in [0.15, 0.2) is 11.3 Å². The number of amides is 1. The van der Waals surface area contributed by atoms with Crippen molar-refractivity contribution in [3.05, 3.63) is 53.5 Å². The van der Waals surface area contributed by atoms with Gasteiger partial charge >= 0.3 is 0 Å². The van der Waals surface area contributed by atoms with E-state index in [0.717, 1.165) is 24.2 Å². The van der Waals surface area contributed by atoms with Crippen LogP contribution in [0.15, 0.2) is 41.3 Å². The van der Waals surface area contributed by atoms with Gasteiger partial charge in [-0.05, 0) is 44.9 Å². The number of sulfonamides is 1. The Balaban J connectivity index is 1.37. The van der Waals surface area contributed by atoms with Crippen LogP contribution in [0.25, 0.3) is 5.65 Å². The number of aromatic nitrogens is 3. The van der Waals surface area contributed by atoms with Gasteiger partial charge in [-0.15, -0.1) is 0 Å². The Labute approximate surface area is 180 Å². The van der Waals surface area contributed by atoms with E-state index < -0.39 is 16.2 Å². The summed E-state index contributed by atoms with van der Waals surface area (Å²) in [6.45, 7) is 4.90. The largest absolute Gasteiger partial charge is 0.368 e. The number of hydrogen-bond donors (Lipinski definition) is 2. The lowest BCUT2D eigenvalue weighted by atomic mass is 9.94. The minimum Gasteiger partial charge on any atom is -0.368 e. The Hall–Kier alpha value is -2.98. The van der Waals surface area contributed by atoms with Crippen LogP contribution in [0.5, 0.6) is 0 Å². The molecule has 10 heteroatoms. The van der Waals surface area contributed by atoms with E-state index in [1.54, 1.807) is 33.7 Å². The molecule has 2 aliphatic heterocycles. The van der Waals surface area contributed by atoms with E-state index in [2.05, 4.69) is 20.1 Å². The molecule has 9 nitrogen and oxygen atoms in total. The summed E-state index contributed by atoms with van der Waals surface area (Å²) in [5.41, 5.74) is 3.37. The maximum Gasteiger partial charge on any atom is 0.274 e. The summed E-state index contributed by atoms with van der Waals surface area (Å²) in [6, 6.07) is 10.5. The van der Waals surface area contributed by atoms with Crippen LogP contribution in [0.3, 0.4) is 0 Å².